The van der Waals surface area contributed by atoms with Crippen molar-refractivity contribution in [2.45, 2.75) is 6.10 Å². The van der Waals surface area contributed by atoms with Gasteiger partial charge in [-0.15, -0.1) is 23.7 Å². The van der Waals surface area contributed by atoms with E-state index in [9.17, 15) is 0 Å². The lowest BCUT2D eigenvalue weighted by Gasteiger charge is -2.21. The predicted molar refractivity (Wildman–Crippen MR) is 76.4 cm³/mol. The van der Waals surface area contributed by atoms with Crippen LogP contribution in [-0.4, -0.2) is 24.7 Å². The van der Waals surface area contributed by atoms with Crippen molar-refractivity contribution in [1.29, 1.82) is 0 Å². The smallest absolute Gasteiger partial charge is 0.124 e. The number of aromatic nitrogens is 1. The van der Waals surface area contributed by atoms with Crippen molar-refractivity contribution in [3.8, 4) is 11.3 Å². The third-order valence-corrected chi connectivity index (χ3v) is 3.73. The van der Waals surface area contributed by atoms with E-state index in [1.807, 2.05) is 18.2 Å². The quantitative estimate of drug-likeness (QED) is 0.920. The molecule has 96 valence electrons. The molecule has 1 aliphatic heterocycles. The third kappa shape index (κ3) is 2.90. The molecule has 1 atom stereocenters. The average Bonchev–Trinajstić information content (AvgIpc) is 2.90. The molecule has 0 amide bonds. The first-order valence-corrected chi connectivity index (χ1v) is 6.64. The van der Waals surface area contributed by atoms with E-state index >= 15 is 0 Å². The maximum Gasteiger partial charge on any atom is 0.124 e. The Balaban J connectivity index is 0.00000120. The SMILES string of the molecule is Cl.c1ccc(-c2csc(C3CNCCO3)n2)cc1. The van der Waals surface area contributed by atoms with Crippen LogP contribution in [0.2, 0.25) is 0 Å². The first-order chi connectivity index (χ1) is 8.43. The van der Waals surface area contributed by atoms with E-state index in [1.54, 1.807) is 11.3 Å². The van der Waals surface area contributed by atoms with Crippen LogP contribution in [0.3, 0.4) is 0 Å². The van der Waals surface area contributed by atoms with Crippen LogP contribution in [0.5, 0.6) is 0 Å². The van der Waals surface area contributed by atoms with Crippen LogP contribution in [0.1, 0.15) is 11.1 Å². The highest BCUT2D eigenvalue weighted by Crippen LogP contribution is 2.27. The molecule has 1 saturated heterocycles. The Morgan fingerprint density at radius 2 is 2.11 bits per heavy atom. The largest absolute Gasteiger partial charge is 0.368 e. The number of benzene rings is 1. The van der Waals surface area contributed by atoms with Gasteiger partial charge in [0.15, 0.2) is 0 Å². The number of thiazole rings is 1. The lowest BCUT2D eigenvalue weighted by atomic mass is 10.2. The summed E-state index contributed by atoms with van der Waals surface area (Å²) in [4.78, 5) is 4.66. The second-order valence-electron chi connectivity index (χ2n) is 4.00. The van der Waals surface area contributed by atoms with E-state index in [1.165, 1.54) is 5.56 Å². The van der Waals surface area contributed by atoms with Crippen LogP contribution in [0.15, 0.2) is 35.7 Å². The van der Waals surface area contributed by atoms with Crippen molar-refractivity contribution < 1.29 is 4.74 Å². The molecule has 18 heavy (non-hydrogen) atoms. The van der Waals surface area contributed by atoms with E-state index in [-0.39, 0.29) is 18.5 Å². The predicted octanol–water partition coefficient (Wildman–Crippen LogP) is 2.89. The van der Waals surface area contributed by atoms with Crippen LogP contribution in [0.4, 0.5) is 0 Å². The molecule has 1 unspecified atom stereocenters. The monoisotopic (exact) mass is 282 g/mol. The summed E-state index contributed by atoms with van der Waals surface area (Å²) in [6.07, 6.45) is 0.117. The molecular weight excluding hydrogens is 268 g/mol. The summed E-state index contributed by atoms with van der Waals surface area (Å²) in [5.41, 5.74) is 2.21. The summed E-state index contributed by atoms with van der Waals surface area (Å²) in [5, 5.41) is 6.49. The summed E-state index contributed by atoms with van der Waals surface area (Å²) >= 11 is 1.67. The fourth-order valence-corrected chi connectivity index (χ4v) is 2.78. The number of nitrogens with zero attached hydrogens (tertiary/aromatic N) is 1. The van der Waals surface area contributed by atoms with Gasteiger partial charge in [0.05, 0.1) is 12.3 Å². The van der Waals surface area contributed by atoms with Crippen molar-refractivity contribution in [3.63, 3.8) is 0 Å². The first kappa shape index (κ1) is 13.5. The standard InChI is InChI=1S/C13H14N2OS.ClH/c1-2-4-10(5-3-1)11-9-17-13(15-11)12-8-14-6-7-16-12;/h1-5,9,12,14H,6-8H2;1H. The van der Waals surface area contributed by atoms with E-state index in [2.05, 4.69) is 27.8 Å². The van der Waals surface area contributed by atoms with E-state index < -0.39 is 0 Å². The summed E-state index contributed by atoms with van der Waals surface area (Å²) in [5.74, 6) is 0. The van der Waals surface area contributed by atoms with Crippen LogP contribution in [0.25, 0.3) is 11.3 Å². The molecule has 2 heterocycles. The zero-order valence-corrected chi connectivity index (χ0v) is 11.5. The Morgan fingerprint density at radius 1 is 1.28 bits per heavy atom. The normalized spacial score (nSPS) is 19.2. The minimum Gasteiger partial charge on any atom is -0.368 e. The van der Waals surface area contributed by atoms with Crippen molar-refractivity contribution in [3.05, 3.63) is 40.7 Å². The van der Waals surface area contributed by atoms with Gasteiger partial charge in [-0.25, -0.2) is 4.98 Å². The fraction of sp³-hybridized carbons (Fsp3) is 0.308. The topological polar surface area (TPSA) is 34.1 Å². The Bertz CT molecular complexity index is 483. The fourth-order valence-electron chi connectivity index (χ4n) is 1.90. The molecule has 3 rings (SSSR count). The lowest BCUT2D eigenvalue weighted by molar-refractivity contribution is 0.0276. The van der Waals surface area contributed by atoms with Gasteiger partial charge in [0.25, 0.3) is 0 Å². The van der Waals surface area contributed by atoms with Crippen molar-refractivity contribution >= 4 is 23.7 Å². The number of hydrogen-bond acceptors (Lipinski definition) is 4. The maximum atomic E-state index is 5.70. The van der Waals surface area contributed by atoms with Crippen LogP contribution >= 0.6 is 23.7 Å². The molecule has 1 N–H and O–H groups in total. The maximum absolute atomic E-state index is 5.70. The first-order valence-electron chi connectivity index (χ1n) is 5.76. The zero-order chi connectivity index (χ0) is 11.5. The summed E-state index contributed by atoms with van der Waals surface area (Å²) in [6.45, 7) is 2.57. The van der Waals surface area contributed by atoms with Crippen LogP contribution < -0.4 is 5.32 Å². The van der Waals surface area contributed by atoms with Gasteiger partial charge >= 0.3 is 0 Å². The van der Waals surface area contributed by atoms with Crippen molar-refractivity contribution in [1.82, 2.24) is 10.3 Å². The molecular formula is C13H15ClN2OS. The van der Waals surface area contributed by atoms with Crippen LogP contribution in [0, 0.1) is 0 Å². The second kappa shape index (κ2) is 6.29. The minimum atomic E-state index is 0. The molecule has 0 radical (unpaired) electrons. The second-order valence-corrected chi connectivity index (χ2v) is 4.89. The van der Waals surface area contributed by atoms with E-state index in [0.29, 0.717) is 0 Å². The van der Waals surface area contributed by atoms with Crippen LogP contribution in [-0.2, 0) is 4.74 Å². The minimum absolute atomic E-state index is 0. The van der Waals surface area contributed by atoms with Gasteiger partial charge < -0.3 is 10.1 Å². The Morgan fingerprint density at radius 3 is 2.83 bits per heavy atom. The zero-order valence-electron chi connectivity index (χ0n) is 9.83. The number of halogens is 1. The highest BCUT2D eigenvalue weighted by Gasteiger charge is 2.19. The summed E-state index contributed by atoms with van der Waals surface area (Å²) < 4.78 is 5.70. The van der Waals surface area contributed by atoms with Gasteiger partial charge in [0.1, 0.15) is 11.1 Å². The third-order valence-electron chi connectivity index (χ3n) is 2.79. The van der Waals surface area contributed by atoms with Gasteiger partial charge in [0.2, 0.25) is 0 Å². The molecule has 3 nitrogen and oxygen atoms in total. The Labute approximate surface area is 117 Å². The molecule has 0 bridgehead atoms. The number of morpholine rings is 1. The highest BCUT2D eigenvalue weighted by atomic mass is 35.5. The van der Waals surface area contributed by atoms with Gasteiger partial charge in [-0.3, -0.25) is 0 Å². The van der Waals surface area contributed by atoms with Crippen molar-refractivity contribution in [2.24, 2.45) is 0 Å². The molecule has 0 aliphatic carbocycles. The van der Waals surface area contributed by atoms with Crippen molar-refractivity contribution in [2.75, 3.05) is 19.7 Å². The molecule has 1 aliphatic rings. The van der Waals surface area contributed by atoms with Gasteiger partial charge in [-0.1, -0.05) is 30.3 Å². The van der Waals surface area contributed by atoms with E-state index in [4.69, 9.17) is 4.74 Å². The summed E-state index contributed by atoms with van der Waals surface area (Å²) in [7, 11) is 0. The summed E-state index contributed by atoms with van der Waals surface area (Å²) in [6, 6.07) is 10.3. The number of ether oxygens (including phenoxy) is 1. The molecule has 2 aromatic rings. The van der Waals surface area contributed by atoms with Gasteiger partial charge in [0, 0.05) is 24.0 Å². The number of rotatable bonds is 2. The molecule has 5 heteroatoms. The van der Waals surface area contributed by atoms with Gasteiger partial charge in [-0.2, -0.15) is 0 Å². The Hall–Kier alpha value is -0.940. The van der Waals surface area contributed by atoms with E-state index in [0.717, 1.165) is 30.4 Å². The molecule has 1 aromatic carbocycles. The molecule has 1 fully saturated rings. The van der Waals surface area contributed by atoms with Gasteiger partial charge in [-0.05, 0) is 0 Å². The highest BCUT2D eigenvalue weighted by molar-refractivity contribution is 7.10. The molecule has 0 saturated carbocycles. The molecule has 1 aromatic heterocycles. The molecule has 0 spiro atoms. The Kier molecular flexibility index (Phi) is 4.72. The number of nitrogens with one attached hydrogen (secondary N) is 1. The average molecular weight is 283 g/mol. The number of hydrogen-bond donors (Lipinski definition) is 1. The lowest BCUT2D eigenvalue weighted by Crippen LogP contribution is -2.33.